The van der Waals surface area contributed by atoms with Crippen LogP contribution in [0.5, 0.6) is 0 Å². The van der Waals surface area contributed by atoms with Crippen molar-refractivity contribution in [3.63, 3.8) is 0 Å². The van der Waals surface area contributed by atoms with Gasteiger partial charge in [-0.3, -0.25) is 4.79 Å². The number of amides is 3. The predicted octanol–water partition coefficient (Wildman–Crippen LogP) is 3.56. The Morgan fingerprint density at radius 2 is 1.66 bits per heavy atom. The summed E-state index contributed by atoms with van der Waals surface area (Å²) in [6.07, 6.45) is 7.16. The number of likely N-dealkylation sites (tertiary alicyclic amines) is 1. The topological polar surface area (TPSA) is 87.7 Å². The van der Waals surface area contributed by atoms with Crippen LogP contribution in [0.1, 0.15) is 62.2 Å². The summed E-state index contributed by atoms with van der Waals surface area (Å²) in [5, 5.41) is 5.77. The zero-order valence-electron chi connectivity index (χ0n) is 17.1. The molecule has 0 bridgehead atoms. The SMILES string of the molecule is CCOC(=O)c1ccc(NC(=O)NC2CCN(C(=O)C3CCCCC3)CC2)cc1. The number of rotatable bonds is 5. The van der Waals surface area contributed by atoms with E-state index in [9.17, 15) is 14.4 Å². The van der Waals surface area contributed by atoms with Crippen molar-refractivity contribution in [1.29, 1.82) is 0 Å². The van der Waals surface area contributed by atoms with Crippen LogP contribution in [0, 0.1) is 5.92 Å². The smallest absolute Gasteiger partial charge is 0.338 e. The minimum atomic E-state index is -0.377. The van der Waals surface area contributed by atoms with Crippen LogP contribution in [0.2, 0.25) is 0 Å². The normalized spacial score (nSPS) is 18.2. The lowest BCUT2D eigenvalue weighted by atomic mass is 9.87. The number of esters is 1. The van der Waals surface area contributed by atoms with Gasteiger partial charge in [0, 0.05) is 30.7 Å². The van der Waals surface area contributed by atoms with Crippen LogP contribution in [0.25, 0.3) is 0 Å². The molecule has 0 radical (unpaired) electrons. The number of nitrogens with zero attached hydrogens (tertiary/aromatic N) is 1. The third kappa shape index (κ3) is 5.95. The summed E-state index contributed by atoms with van der Waals surface area (Å²) in [7, 11) is 0. The lowest BCUT2D eigenvalue weighted by Gasteiger charge is -2.35. The summed E-state index contributed by atoms with van der Waals surface area (Å²) in [6.45, 7) is 3.49. The lowest BCUT2D eigenvalue weighted by Crippen LogP contribution is -2.49. The van der Waals surface area contributed by atoms with E-state index in [4.69, 9.17) is 4.74 Å². The highest BCUT2D eigenvalue weighted by Gasteiger charge is 2.29. The highest BCUT2D eigenvalue weighted by Crippen LogP contribution is 2.26. The van der Waals surface area contributed by atoms with Gasteiger partial charge < -0.3 is 20.3 Å². The first-order valence-electron chi connectivity index (χ1n) is 10.7. The Morgan fingerprint density at radius 1 is 1.00 bits per heavy atom. The number of benzene rings is 1. The van der Waals surface area contributed by atoms with E-state index >= 15 is 0 Å². The molecule has 3 amide bonds. The molecule has 0 aromatic heterocycles. The number of carbonyl (C=O) groups is 3. The first-order valence-corrected chi connectivity index (χ1v) is 10.7. The number of piperidine rings is 1. The number of urea groups is 1. The van der Waals surface area contributed by atoms with Crippen molar-refractivity contribution < 1.29 is 19.1 Å². The Morgan fingerprint density at radius 3 is 2.28 bits per heavy atom. The summed E-state index contributed by atoms with van der Waals surface area (Å²) in [4.78, 5) is 38.5. The van der Waals surface area contributed by atoms with Crippen molar-refractivity contribution in [3.05, 3.63) is 29.8 Å². The van der Waals surface area contributed by atoms with E-state index in [1.165, 1.54) is 6.42 Å². The highest BCUT2D eigenvalue weighted by molar-refractivity contribution is 5.92. The molecule has 2 aliphatic rings. The summed E-state index contributed by atoms with van der Waals surface area (Å²) < 4.78 is 4.95. The standard InChI is InChI=1S/C22H31N3O4/c1-2-29-21(27)17-8-10-18(11-9-17)23-22(28)24-19-12-14-25(15-13-19)20(26)16-6-4-3-5-7-16/h8-11,16,19H,2-7,12-15H2,1H3,(H2,23,24,28). The average molecular weight is 402 g/mol. The fourth-order valence-electron chi connectivity index (χ4n) is 4.11. The van der Waals surface area contributed by atoms with E-state index < -0.39 is 0 Å². The molecule has 1 heterocycles. The molecule has 1 aliphatic heterocycles. The first kappa shape index (κ1) is 21.1. The Hall–Kier alpha value is -2.57. The molecule has 0 spiro atoms. The Bertz CT molecular complexity index is 705. The van der Waals surface area contributed by atoms with Crippen molar-refractivity contribution in [2.24, 2.45) is 5.92 Å². The van der Waals surface area contributed by atoms with Gasteiger partial charge in [0.2, 0.25) is 5.91 Å². The second kappa shape index (κ2) is 10.3. The molecule has 1 aliphatic carbocycles. The number of hydrogen-bond donors (Lipinski definition) is 2. The molecule has 0 unspecified atom stereocenters. The van der Waals surface area contributed by atoms with E-state index in [2.05, 4.69) is 10.6 Å². The molecular formula is C22H31N3O4. The van der Waals surface area contributed by atoms with Crippen molar-refractivity contribution in [2.75, 3.05) is 25.0 Å². The maximum absolute atomic E-state index is 12.6. The van der Waals surface area contributed by atoms with E-state index in [0.717, 1.165) is 38.5 Å². The molecule has 7 heteroatoms. The zero-order chi connectivity index (χ0) is 20.6. The quantitative estimate of drug-likeness (QED) is 0.739. The molecule has 2 N–H and O–H groups in total. The molecule has 1 aromatic carbocycles. The van der Waals surface area contributed by atoms with Gasteiger partial charge in [-0.1, -0.05) is 19.3 Å². The Kier molecular flexibility index (Phi) is 7.49. The van der Waals surface area contributed by atoms with Gasteiger partial charge in [0.05, 0.1) is 12.2 Å². The number of ether oxygens (including phenoxy) is 1. The number of carbonyl (C=O) groups excluding carboxylic acids is 3. The fraction of sp³-hybridized carbons (Fsp3) is 0.591. The van der Waals surface area contributed by atoms with E-state index in [-0.39, 0.29) is 24.0 Å². The number of hydrogen-bond acceptors (Lipinski definition) is 4. The summed E-state index contributed by atoms with van der Waals surface area (Å²) in [6, 6.07) is 6.40. The predicted molar refractivity (Wildman–Crippen MR) is 111 cm³/mol. The van der Waals surface area contributed by atoms with Gasteiger partial charge in [-0.15, -0.1) is 0 Å². The molecular weight excluding hydrogens is 370 g/mol. The van der Waals surface area contributed by atoms with Crippen molar-refractivity contribution in [1.82, 2.24) is 10.2 Å². The Balaban J connectivity index is 1.41. The van der Waals surface area contributed by atoms with E-state index in [0.29, 0.717) is 36.9 Å². The molecule has 1 aromatic rings. The third-order valence-corrected chi connectivity index (χ3v) is 5.75. The molecule has 0 atom stereocenters. The minimum absolute atomic E-state index is 0.0595. The molecule has 1 saturated carbocycles. The largest absolute Gasteiger partial charge is 0.462 e. The number of anilines is 1. The van der Waals surface area contributed by atoms with Crippen LogP contribution in [-0.4, -0.2) is 48.5 Å². The molecule has 158 valence electrons. The van der Waals surface area contributed by atoms with Crippen LogP contribution < -0.4 is 10.6 Å². The van der Waals surface area contributed by atoms with Gasteiger partial charge in [0.1, 0.15) is 0 Å². The Labute approximate surface area is 172 Å². The number of nitrogens with one attached hydrogen (secondary N) is 2. The first-order chi connectivity index (χ1) is 14.1. The van der Waals surface area contributed by atoms with Crippen LogP contribution in [0.3, 0.4) is 0 Å². The van der Waals surface area contributed by atoms with Crippen LogP contribution in [-0.2, 0) is 9.53 Å². The second-order valence-electron chi connectivity index (χ2n) is 7.83. The minimum Gasteiger partial charge on any atom is -0.462 e. The molecule has 7 nitrogen and oxygen atoms in total. The molecule has 2 fully saturated rings. The summed E-state index contributed by atoms with van der Waals surface area (Å²) >= 11 is 0. The maximum atomic E-state index is 12.6. The van der Waals surface area contributed by atoms with Gasteiger partial charge >= 0.3 is 12.0 Å². The maximum Gasteiger partial charge on any atom is 0.338 e. The van der Waals surface area contributed by atoms with Gasteiger partial charge in [-0.05, 0) is 56.9 Å². The summed E-state index contributed by atoms with van der Waals surface area (Å²) in [5.41, 5.74) is 1.06. The lowest BCUT2D eigenvalue weighted by molar-refractivity contribution is -0.137. The van der Waals surface area contributed by atoms with Crippen LogP contribution >= 0.6 is 0 Å². The van der Waals surface area contributed by atoms with Gasteiger partial charge in [0.15, 0.2) is 0 Å². The summed E-state index contributed by atoms with van der Waals surface area (Å²) in [5.74, 6) is 0.126. The van der Waals surface area contributed by atoms with Gasteiger partial charge in [-0.25, -0.2) is 9.59 Å². The average Bonchev–Trinajstić information content (AvgIpc) is 2.75. The van der Waals surface area contributed by atoms with Crippen molar-refractivity contribution in [2.45, 2.75) is 57.9 Å². The second-order valence-corrected chi connectivity index (χ2v) is 7.83. The van der Waals surface area contributed by atoms with E-state index in [1.54, 1.807) is 31.2 Å². The van der Waals surface area contributed by atoms with Gasteiger partial charge in [-0.2, -0.15) is 0 Å². The van der Waals surface area contributed by atoms with Crippen LogP contribution in [0.15, 0.2) is 24.3 Å². The molecule has 29 heavy (non-hydrogen) atoms. The molecule has 3 rings (SSSR count). The fourth-order valence-corrected chi connectivity index (χ4v) is 4.11. The zero-order valence-corrected chi connectivity index (χ0v) is 17.1. The monoisotopic (exact) mass is 401 g/mol. The highest BCUT2D eigenvalue weighted by atomic mass is 16.5. The van der Waals surface area contributed by atoms with Crippen LogP contribution in [0.4, 0.5) is 10.5 Å². The van der Waals surface area contributed by atoms with Crippen molar-refractivity contribution >= 4 is 23.6 Å². The van der Waals surface area contributed by atoms with E-state index in [1.807, 2.05) is 4.90 Å². The third-order valence-electron chi connectivity index (χ3n) is 5.75. The van der Waals surface area contributed by atoms with Gasteiger partial charge in [0.25, 0.3) is 0 Å². The molecule has 1 saturated heterocycles. The van der Waals surface area contributed by atoms with Crippen molar-refractivity contribution in [3.8, 4) is 0 Å².